The second-order valence-corrected chi connectivity index (χ2v) is 5.47. The van der Waals surface area contributed by atoms with E-state index in [1.165, 1.54) is 0 Å². The fourth-order valence-corrected chi connectivity index (χ4v) is 2.58. The predicted octanol–water partition coefficient (Wildman–Crippen LogP) is 3.81. The molecule has 1 unspecified atom stereocenters. The van der Waals surface area contributed by atoms with E-state index in [-0.39, 0.29) is 12.3 Å². The second-order valence-electron chi connectivity index (χ2n) is 5.47. The van der Waals surface area contributed by atoms with Gasteiger partial charge in [-0.1, -0.05) is 6.92 Å². The van der Waals surface area contributed by atoms with Crippen LogP contribution in [0.4, 0.5) is 0 Å². The van der Waals surface area contributed by atoms with Gasteiger partial charge >= 0.3 is 5.97 Å². The average Bonchev–Trinajstić information content (AvgIpc) is 2.76. The summed E-state index contributed by atoms with van der Waals surface area (Å²) in [5.41, 5.74) is 2.17. The predicted molar refractivity (Wildman–Crippen MR) is 79.5 cm³/mol. The lowest BCUT2D eigenvalue weighted by molar-refractivity contribution is -0.137. The quantitative estimate of drug-likeness (QED) is 0.902. The zero-order valence-corrected chi connectivity index (χ0v) is 12.4. The average molecular weight is 275 g/mol. The Bertz CT molecular complexity index is 628. The molecule has 0 spiro atoms. The summed E-state index contributed by atoms with van der Waals surface area (Å²) in [4.78, 5) is 10.9. The summed E-state index contributed by atoms with van der Waals surface area (Å²) < 4.78 is 7.46. The highest BCUT2D eigenvalue weighted by Crippen LogP contribution is 2.33. The number of fused-ring (bicyclic) bond motifs is 1. The van der Waals surface area contributed by atoms with Crippen LogP contribution in [0, 0.1) is 0 Å². The summed E-state index contributed by atoms with van der Waals surface area (Å²) in [5, 5.41) is 10.1. The van der Waals surface area contributed by atoms with Crippen molar-refractivity contribution < 1.29 is 14.6 Å². The van der Waals surface area contributed by atoms with Gasteiger partial charge in [-0.15, -0.1) is 0 Å². The van der Waals surface area contributed by atoms with Crippen molar-refractivity contribution in [1.29, 1.82) is 0 Å². The molecule has 1 atom stereocenters. The highest BCUT2D eigenvalue weighted by Gasteiger charge is 2.18. The van der Waals surface area contributed by atoms with Crippen molar-refractivity contribution in [2.75, 3.05) is 7.11 Å². The third-order valence-electron chi connectivity index (χ3n) is 3.64. The fraction of sp³-hybridized carbons (Fsp3) is 0.438. The van der Waals surface area contributed by atoms with Crippen LogP contribution in [0.1, 0.15) is 44.7 Å². The van der Waals surface area contributed by atoms with Crippen molar-refractivity contribution in [1.82, 2.24) is 4.57 Å². The number of ether oxygens (including phenoxy) is 1. The number of benzene rings is 1. The topological polar surface area (TPSA) is 51.5 Å². The van der Waals surface area contributed by atoms with Gasteiger partial charge in [0.15, 0.2) is 0 Å². The number of carboxylic acid groups (broad SMARTS) is 1. The Hall–Kier alpha value is -1.97. The number of rotatable bonds is 5. The van der Waals surface area contributed by atoms with Crippen molar-refractivity contribution in [2.24, 2.45) is 0 Å². The Morgan fingerprint density at radius 2 is 2.05 bits per heavy atom. The minimum absolute atomic E-state index is 0.0107. The van der Waals surface area contributed by atoms with Crippen LogP contribution < -0.4 is 4.74 Å². The summed E-state index contributed by atoms with van der Waals surface area (Å²) in [7, 11) is 1.65. The van der Waals surface area contributed by atoms with Crippen LogP contribution in [-0.2, 0) is 4.79 Å². The number of carboxylic acids is 1. The molecule has 1 aromatic carbocycles. The van der Waals surface area contributed by atoms with Crippen LogP contribution in [0.15, 0.2) is 24.4 Å². The molecule has 0 aliphatic heterocycles. The molecule has 108 valence electrons. The highest BCUT2D eigenvalue weighted by atomic mass is 16.5. The lowest BCUT2D eigenvalue weighted by atomic mass is 9.97. The highest BCUT2D eigenvalue weighted by molar-refractivity contribution is 5.86. The number of hydrogen-bond donors (Lipinski definition) is 1. The summed E-state index contributed by atoms with van der Waals surface area (Å²) in [6, 6.07) is 6.26. The third-order valence-corrected chi connectivity index (χ3v) is 3.64. The van der Waals surface area contributed by atoms with Crippen LogP contribution >= 0.6 is 0 Å². The maximum absolute atomic E-state index is 10.9. The van der Waals surface area contributed by atoms with Gasteiger partial charge in [0.2, 0.25) is 0 Å². The molecular weight excluding hydrogens is 254 g/mol. The van der Waals surface area contributed by atoms with E-state index >= 15 is 0 Å². The van der Waals surface area contributed by atoms with Gasteiger partial charge in [0.05, 0.1) is 19.0 Å². The van der Waals surface area contributed by atoms with Gasteiger partial charge in [-0.2, -0.15) is 0 Å². The number of hydrogen-bond acceptors (Lipinski definition) is 2. The number of nitrogens with zero attached hydrogens (tertiary/aromatic N) is 1. The number of carbonyl (C=O) groups is 1. The molecule has 4 nitrogen and oxygen atoms in total. The molecule has 0 amide bonds. The van der Waals surface area contributed by atoms with Crippen LogP contribution in [-0.4, -0.2) is 22.8 Å². The molecule has 0 aliphatic carbocycles. The van der Waals surface area contributed by atoms with Crippen molar-refractivity contribution in [3.8, 4) is 5.75 Å². The minimum atomic E-state index is -0.767. The first-order valence-electron chi connectivity index (χ1n) is 6.84. The van der Waals surface area contributed by atoms with Gasteiger partial charge in [0.1, 0.15) is 5.75 Å². The van der Waals surface area contributed by atoms with Crippen molar-refractivity contribution >= 4 is 16.9 Å². The van der Waals surface area contributed by atoms with Crippen molar-refractivity contribution in [3.05, 3.63) is 30.0 Å². The van der Waals surface area contributed by atoms with E-state index in [0.717, 1.165) is 22.2 Å². The summed E-state index contributed by atoms with van der Waals surface area (Å²) in [6.07, 6.45) is 2.21. The molecular formula is C16H21NO3. The molecule has 1 heterocycles. The van der Waals surface area contributed by atoms with E-state index in [0.29, 0.717) is 6.04 Å². The first-order valence-corrected chi connectivity index (χ1v) is 6.84. The summed E-state index contributed by atoms with van der Waals surface area (Å²) in [5.74, 6) is 0.0368. The normalized spacial score (nSPS) is 12.8. The lowest BCUT2D eigenvalue weighted by Crippen LogP contribution is -2.02. The molecule has 20 heavy (non-hydrogen) atoms. The number of aromatic nitrogens is 1. The maximum Gasteiger partial charge on any atom is 0.303 e. The summed E-state index contributed by atoms with van der Waals surface area (Å²) in [6.45, 7) is 6.19. The number of aliphatic carboxylic acids is 1. The molecule has 2 rings (SSSR count). The SMILES string of the molecule is COc1ccc2c(C(C)CC(=O)O)cn(C(C)C)c2c1. The van der Waals surface area contributed by atoms with Crippen LogP contribution in [0.3, 0.4) is 0 Å². The zero-order valence-electron chi connectivity index (χ0n) is 12.4. The Morgan fingerprint density at radius 1 is 1.35 bits per heavy atom. The first-order chi connectivity index (χ1) is 9.43. The molecule has 0 saturated heterocycles. The standard InChI is InChI=1S/C16H21NO3/c1-10(2)17-9-14(11(3)7-16(18)19)13-6-5-12(20-4)8-15(13)17/h5-6,8-11H,7H2,1-4H3,(H,18,19). The Morgan fingerprint density at radius 3 is 2.60 bits per heavy atom. The largest absolute Gasteiger partial charge is 0.497 e. The molecule has 0 fully saturated rings. The van der Waals surface area contributed by atoms with E-state index in [1.807, 2.05) is 25.1 Å². The number of methoxy groups -OCH3 is 1. The van der Waals surface area contributed by atoms with Gasteiger partial charge in [0.25, 0.3) is 0 Å². The first kappa shape index (κ1) is 14.4. The van der Waals surface area contributed by atoms with Crippen molar-refractivity contribution in [3.63, 3.8) is 0 Å². The third kappa shape index (κ3) is 2.64. The van der Waals surface area contributed by atoms with Crippen molar-refractivity contribution in [2.45, 2.75) is 39.2 Å². The molecule has 2 aromatic rings. The van der Waals surface area contributed by atoms with Gasteiger partial charge in [0, 0.05) is 23.7 Å². The van der Waals surface area contributed by atoms with Gasteiger partial charge < -0.3 is 14.4 Å². The Balaban J connectivity index is 2.58. The van der Waals surface area contributed by atoms with E-state index in [9.17, 15) is 4.79 Å². The lowest BCUT2D eigenvalue weighted by Gasteiger charge is -2.09. The minimum Gasteiger partial charge on any atom is -0.497 e. The maximum atomic E-state index is 10.9. The van der Waals surface area contributed by atoms with Crippen LogP contribution in [0.5, 0.6) is 5.75 Å². The fourth-order valence-electron chi connectivity index (χ4n) is 2.58. The van der Waals surface area contributed by atoms with E-state index < -0.39 is 5.97 Å². The molecule has 1 N–H and O–H groups in total. The van der Waals surface area contributed by atoms with Gasteiger partial charge in [-0.05, 0) is 37.5 Å². The van der Waals surface area contributed by atoms with Crippen LogP contribution in [0.2, 0.25) is 0 Å². The van der Waals surface area contributed by atoms with Gasteiger partial charge in [-0.3, -0.25) is 4.79 Å². The molecule has 0 aliphatic rings. The molecule has 1 aromatic heterocycles. The summed E-state index contributed by atoms with van der Waals surface area (Å²) >= 11 is 0. The van der Waals surface area contributed by atoms with Gasteiger partial charge in [-0.25, -0.2) is 0 Å². The Labute approximate surface area is 119 Å². The van der Waals surface area contributed by atoms with E-state index in [2.05, 4.69) is 24.6 Å². The van der Waals surface area contributed by atoms with E-state index in [1.54, 1.807) is 7.11 Å². The molecule has 0 radical (unpaired) electrons. The Kier molecular flexibility index (Phi) is 4.02. The zero-order chi connectivity index (χ0) is 14.9. The molecule has 0 saturated carbocycles. The monoisotopic (exact) mass is 275 g/mol. The van der Waals surface area contributed by atoms with Crippen LogP contribution in [0.25, 0.3) is 10.9 Å². The second kappa shape index (κ2) is 5.57. The molecule has 4 heteroatoms. The van der Waals surface area contributed by atoms with E-state index in [4.69, 9.17) is 9.84 Å². The smallest absolute Gasteiger partial charge is 0.303 e. The molecule has 0 bridgehead atoms.